The van der Waals surface area contributed by atoms with Crippen molar-refractivity contribution >= 4 is 27.5 Å². The van der Waals surface area contributed by atoms with E-state index in [-0.39, 0.29) is 24.8 Å². The van der Waals surface area contributed by atoms with E-state index in [9.17, 15) is 9.18 Å². The summed E-state index contributed by atoms with van der Waals surface area (Å²) in [5.74, 6) is 0.180. The largest absolute Gasteiger partial charge is 0.493 e. The first-order chi connectivity index (χ1) is 9.65. The summed E-state index contributed by atoms with van der Waals surface area (Å²) in [4.78, 5) is 11.7. The summed E-state index contributed by atoms with van der Waals surface area (Å²) < 4.78 is 18.8. The number of nitrogens with one attached hydrogen (secondary N) is 1. The van der Waals surface area contributed by atoms with Crippen LogP contribution in [0.15, 0.2) is 53.0 Å². The number of carbonyl (C=O) groups excluding carboxylic acids is 1. The Labute approximate surface area is 124 Å². The van der Waals surface area contributed by atoms with E-state index in [0.717, 1.165) is 5.75 Å². The van der Waals surface area contributed by atoms with E-state index in [0.29, 0.717) is 10.2 Å². The molecular formula is C15H13BrFNO2. The van der Waals surface area contributed by atoms with Crippen molar-refractivity contribution in [2.75, 3.05) is 11.9 Å². The van der Waals surface area contributed by atoms with Gasteiger partial charge in [0.1, 0.15) is 11.6 Å². The maximum Gasteiger partial charge on any atom is 0.227 e. The summed E-state index contributed by atoms with van der Waals surface area (Å²) in [6.45, 7) is 0.290. The van der Waals surface area contributed by atoms with Crippen molar-refractivity contribution in [2.24, 2.45) is 0 Å². The fourth-order valence-electron chi connectivity index (χ4n) is 1.58. The van der Waals surface area contributed by atoms with E-state index in [1.54, 1.807) is 0 Å². The Bertz CT molecular complexity index is 590. The Morgan fingerprint density at radius 3 is 2.65 bits per heavy atom. The summed E-state index contributed by atoms with van der Waals surface area (Å²) in [6, 6.07) is 13.6. The van der Waals surface area contributed by atoms with Crippen LogP contribution in [0.25, 0.3) is 0 Å². The molecule has 5 heteroatoms. The van der Waals surface area contributed by atoms with Crippen LogP contribution in [0.2, 0.25) is 0 Å². The zero-order valence-electron chi connectivity index (χ0n) is 10.6. The van der Waals surface area contributed by atoms with Gasteiger partial charge >= 0.3 is 0 Å². The smallest absolute Gasteiger partial charge is 0.227 e. The molecule has 1 amide bonds. The first-order valence-electron chi connectivity index (χ1n) is 6.08. The molecule has 0 aliphatic carbocycles. The highest BCUT2D eigenvalue weighted by Crippen LogP contribution is 2.20. The van der Waals surface area contributed by atoms with Crippen LogP contribution in [0.1, 0.15) is 6.42 Å². The number of carbonyl (C=O) groups is 1. The van der Waals surface area contributed by atoms with Gasteiger partial charge in [-0.1, -0.05) is 18.2 Å². The molecule has 0 unspecified atom stereocenters. The molecule has 0 aliphatic heterocycles. The number of hydrogen-bond donors (Lipinski definition) is 1. The Morgan fingerprint density at radius 1 is 1.20 bits per heavy atom. The molecule has 0 fully saturated rings. The number of amides is 1. The first-order valence-corrected chi connectivity index (χ1v) is 6.87. The second-order valence-corrected chi connectivity index (χ2v) is 4.94. The van der Waals surface area contributed by atoms with Crippen molar-refractivity contribution in [2.45, 2.75) is 6.42 Å². The third kappa shape index (κ3) is 4.35. The molecule has 2 aromatic carbocycles. The van der Waals surface area contributed by atoms with Gasteiger partial charge in [0.25, 0.3) is 0 Å². The zero-order valence-corrected chi connectivity index (χ0v) is 12.2. The zero-order chi connectivity index (χ0) is 14.4. The predicted octanol–water partition coefficient (Wildman–Crippen LogP) is 4.00. The highest BCUT2D eigenvalue weighted by molar-refractivity contribution is 9.10. The fourth-order valence-corrected chi connectivity index (χ4v) is 1.95. The molecule has 0 aromatic heterocycles. The highest BCUT2D eigenvalue weighted by Gasteiger charge is 2.05. The summed E-state index contributed by atoms with van der Waals surface area (Å²) in [7, 11) is 0. The van der Waals surface area contributed by atoms with Gasteiger partial charge in [-0.15, -0.1) is 0 Å². The van der Waals surface area contributed by atoms with Crippen LogP contribution in [0, 0.1) is 5.82 Å². The average Bonchev–Trinajstić information content (AvgIpc) is 2.44. The monoisotopic (exact) mass is 337 g/mol. The summed E-state index contributed by atoms with van der Waals surface area (Å²) in [5, 5.41) is 2.68. The van der Waals surface area contributed by atoms with Crippen molar-refractivity contribution in [3.8, 4) is 5.75 Å². The van der Waals surface area contributed by atoms with Crippen molar-refractivity contribution in [1.82, 2.24) is 0 Å². The van der Waals surface area contributed by atoms with Crippen molar-refractivity contribution < 1.29 is 13.9 Å². The Hall–Kier alpha value is -1.88. The first kappa shape index (κ1) is 14.5. The lowest BCUT2D eigenvalue weighted by molar-refractivity contribution is -0.116. The van der Waals surface area contributed by atoms with Gasteiger partial charge in [-0.25, -0.2) is 4.39 Å². The molecule has 0 bridgehead atoms. The molecular weight excluding hydrogens is 325 g/mol. The number of halogens is 2. The topological polar surface area (TPSA) is 38.3 Å². The molecule has 2 aromatic rings. The number of rotatable bonds is 5. The molecule has 0 spiro atoms. The molecule has 0 heterocycles. The van der Waals surface area contributed by atoms with Crippen LogP contribution >= 0.6 is 15.9 Å². The maximum absolute atomic E-state index is 13.0. The van der Waals surface area contributed by atoms with E-state index in [1.807, 2.05) is 30.3 Å². The second kappa shape index (κ2) is 7.05. The lowest BCUT2D eigenvalue weighted by atomic mass is 10.3. The minimum atomic E-state index is -0.365. The Kier molecular flexibility index (Phi) is 5.12. The van der Waals surface area contributed by atoms with E-state index in [1.165, 1.54) is 18.2 Å². The van der Waals surface area contributed by atoms with Gasteiger partial charge in [0, 0.05) is 5.69 Å². The normalized spacial score (nSPS) is 10.1. The molecule has 0 saturated carbocycles. The number of para-hydroxylation sites is 1. The van der Waals surface area contributed by atoms with E-state index >= 15 is 0 Å². The molecule has 2 rings (SSSR count). The number of anilines is 1. The van der Waals surface area contributed by atoms with Crippen molar-refractivity contribution in [1.29, 1.82) is 0 Å². The third-order valence-corrected chi connectivity index (χ3v) is 3.15. The molecule has 1 N–H and O–H groups in total. The maximum atomic E-state index is 13.0. The third-order valence-electron chi connectivity index (χ3n) is 2.54. The molecule has 20 heavy (non-hydrogen) atoms. The standard InChI is InChI=1S/C15H13BrFNO2/c16-13-10-11(6-7-14(13)17)18-15(19)8-9-20-12-4-2-1-3-5-12/h1-7,10H,8-9H2,(H,18,19). The van der Waals surface area contributed by atoms with Crippen molar-refractivity contribution in [3.05, 3.63) is 58.8 Å². The average molecular weight is 338 g/mol. The van der Waals surface area contributed by atoms with Gasteiger partial charge in [0.2, 0.25) is 5.91 Å². The predicted molar refractivity (Wildman–Crippen MR) is 79.3 cm³/mol. The van der Waals surface area contributed by atoms with Crippen LogP contribution in [-0.4, -0.2) is 12.5 Å². The Morgan fingerprint density at radius 2 is 1.95 bits per heavy atom. The van der Waals surface area contributed by atoms with Gasteiger partial charge in [0.05, 0.1) is 17.5 Å². The number of benzene rings is 2. The van der Waals surface area contributed by atoms with Gasteiger partial charge in [-0.3, -0.25) is 4.79 Å². The van der Waals surface area contributed by atoms with Crippen LogP contribution in [0.4, 0.5) is 10.1 Å². The Balaban J connectivity index is 1.79. The van der Waals surface area contributed by atoms with Gasteiger partial charge in [0.15, 0.2) is 0 Å². The summed E-state index contributed by atoms with van der Waals surface area (Å²) in [5.41, 5.74) is 0.544. The van der Waals surface area contributed by atoms with Gasteiger partial charge < -0.3 is 10.1 Å². The van der Waals surface area contributed by atoms with Crippen LogP contribution in [0.5, 0.6) is 5.75 Å². The minimum absolute atomic E-state index is 0.181. The van der Waals surface area contributed by atoms with Crippen LogP contribution < -0.4 is 10.1 Å². The summed E-state index contributed by atoms with van der Waals surface area (Å²) in [6.07, 6.45) is 0.226. The number of ether oxygens (including phenoxy) is 1. The molecule has 3 nitrogen and oxygen atoms in total. The lowest BCUT2D eigenvalue weighted by Gasteiger charge is -2.07. The van der Waals surface area contributed by atoms with E-state index < -0.39 is 0 Å². The molecule has 0 aliphatic rings. The number of hydrogen-bond acceptors (Lipinski definition) is 2. The van der Waals surface area contributed by atoms with E-state index in [4.69, 9.17) is 4.74 Å². The molecule has 104 valence electrons. The quantitative estimate of drug-likeness (QED) is 0.895. The molecule has 0 atom stereocenters. The van der Waals surface area contributed by atoms with E-state index in [2.05, 4.69) is 21.2 Å². The molecule has 0 saturated heterocycles. The minimum Gasteiger partial charge on any atom is -0.493 e. The fraction of sp³-hybridized carbons (Fsp3) is 0.133. The van der Waals surface area contributed by atoms with Gasteiger partial charge in [-0.05, 0) is 46.3 Å². The second-order valence-electron chi connectivity index (χ2n) is 4.09. The SMILES string of the molecule is O=C(CCOc1ccccc1)Nc1ccc(F)c(Br)c1. The molecule has 0 radical (unpaired) electrons. The van der Waals surface area contributed by atoms with Crippen molar-refractivity contribution in [3.63, 3.8) is 0 Å². The van der Waals surface area contributed by atoms with Gasteiger partial charge in [-0.2, -0.15) is 0 Å². The summed E-state index contributed by atoms with van der Waals surface area (Å²) >= 11 is 3.07. The lowest BCUT2D eigenvalue weighted by Crippen LogP contribution is -2.15. The van der Waals surface area contributed by atoms with Crippen LogP contribution in [-0.2, 0) is 4.79 Å². The van der Waals surface area contributed by atoms with Crippen LogP contribution in [0.3, 0.4) is 0 Å². The highest BCUT2D eigenvalue weighted by atomic mass is 79.9.